The van der Waals surface area contributed by atoms with Crippen LogP contribution in [-0.2, 0) is 11.2 Å². The molecule has 0 spiro atoms. The highest BCUT2D eigenvalue weighted by atomic mass is 16.7. The van der Waals surface area contributed by atoms with E-state index in [1.807, 2.05) is 30.3 Å². The molecule has 1 unspecified atom stereocenters. The van der Waals surface area contributed by atoms with E-state index < -0.39 is 11.9 Å². The van der Waals surface area contributed by atoms with Gasteiger partial charge in [-0.2, -0.15) is 0 Å². The van der Waals surface area contributed by atoms with Crippen LogP contribution in [0.3, 0.4) is 0 Å². The van der Waals surface area contributed by atoms with E-state index in [2.05, 4.69) is 0 Å². The minimum Gasteiger partial charge on any atom is -0.481 e. The molecule has 1 atom stereocenters. The van der Waals surface area contributed by atoms with Crippen LogP contribution >= 0.6 is 0 Å². The minimum absolute atomic E-state index is 0.362. The Labute approximate surface area is 117 Å². The van der Waals surface area contributed by atoms with E-state index in [9.17, 15) is 4.79 Å². The summed E-state index contributed by atoms with van der Waals surface area (Å²) in [6, 6.07) is 9.64. The number of rotatable bonds is 5. The summed E-state index contributed by atoms with van der Waals surface area (Å²) in [4.78, 5) is 16.5. The Morgan fingerprint density at radius 2 is 2.05 bits per heavy atom. The highest BCUT2D eigenvalue weighted by Gasteiger charge is 2.27. The molecule has 0 amide bonds. The van der Waals surface area contributed by atoms with Crippen molar-refractivity contribution in [2.45, 2.75) is 13.3 Å². The topological polar surface area (TPSA) is 59.6 Å². The Morgan fingerprint density at radius 1 is 1.35 bits per heavy atom. The predicted molar refractivity (Wildman–Crippen MR) is 73.7 cm³/mol. The Hall–Kier alpha value is -2.30. The molecule has 5 heteroatoms. The van der Waals surface area contributed by atoms with Crippen LogP contribution in [0.25, 0.3) is 10.8 Å². The molecule has 5 nitrogen and oxygen atoms in total. The van der Waals surface area contributed by atoms with Crippen molar-refractivity contribution in [1.29, 1.82) is 0 Å². The van der Waals surface area contributed by atoms with Gasteiger partial charge in [-0.3, -0.25) is 9.63 Å². The third-order valence-electron chi connectivity index (χ3n) is 3.31. The maximum atomic E-state index is 11.1. The Kier molecular flexibility index (Phi) is 4.08. The van der Waals surface area contributed by atoms with Crippen LogP contribution in [0, 0.1) is 5.92 Å². The first-order chi connectivity index (χ1) is 9.58. The number of hydrogen-bond acceptors (Lipinski definition) is 3. The molecule has 2 aromatic rings. The lowest BCUT2D eigenvalue weighted by atomic mass is 10.0. The molecule has 0 aliphatic carbocycles. The van der Waals surface area contributed by atoms with Crippen LogP contribution in [-0.4, -0.2) is 25.3 Å². The molecule has 0 aliphatic rings. The monoisotopic (exact) mass is 276 g/mol. The largest absolute Gasteiger partial charge is 0.481 e. The van der Waals surface area contributed by atoms with Crippen molar-refractivity contribution in [2.75, 3.05) is 14.2 Å². The van der Waals surface area contributed by atoms with E-state index in [1.165, 1.54) is 7.11 Å². The number of benzene rings is 1. The summed E-state index contributed by atoms with van der Waals surface area (Å²) in [7, 11) is 3.09. The second-order valence-electron chi connectivity index (χ2n) is 4.64. The van der Waals surface area contributed by atoms with Gasteiger partial charge in [-0.1, -0.05) is 25.1 Å². The minimum atomic E-state index is -0.834. The van der Waals surface area contributed by atoms with Gasteiger partial charge in [0.15, 0.2) is 0 Å². The number of carboxylic acids is 1. The third kappa shape index (κ3) is 2.52. The Balaban J connectivity index is 2.66. The number of methoxy groups -OCH3 is 1. The van der Waals surface area contributed by atoms with Gasteiger partial charge in [0.25, 0.3) is 0 Å². The summed E-state index contributed by atoms with van der Waals surface area (Å²) >= 11 is 0. The molecule has 0 saturated heterocycles. The molecule has 0 aliphatic heterocycles. The predicted octanol–water partition coefficient (Wildman–Crippen LogP) is 1.46. The van der Waals surface area contributed by atoms with Crippen LogP contribution in [0.1, 0.15) is 12.6 Å². The van der Waals surface area contributed by atoms with Crippen LogP contribution < -0.4 is 14.3 Å². The van der Waals surface area contributed by atoms with E-state index in [0.29, 0.717) is 12.3 Å². The molecule has 1 aromatic carbocycles. The van der Waals surface area contributed by atoms with E-state index in [-0.39, 0.29) is 0 Å². The lowest BCUT2D eigenvalue weighted by molar-refractivity contribution is -0.891. The molecule has 2 rings (SSSR count). The lowest BCUT2D eigenvalue weighted by Gasteiger charge is -2.09. The molecule has 0 saturated carbocycles. The van der Waals surface area contributed by atoms with Crippen molar-refractivity contribution >= 4 is 16.7 Å². The van der Waals surface area contributed by atoms with Crippen LogP contribution in [0.4, 0.5) is 0 Å². The van der Waals surface area contributed by atoms with Gasteiger partial charge < -0.3 is 9.84 Å². The summed E-state index contributed by atoms with van der Waals surface area (Å²) in [5, 5.41) is 11.1. The fourth-order valence-electron chi connectivity index (χ4n) is 2.23. The van der Waals surface area contributed by atoms with Crippen LogP contribution in [0.2, 0.25) is 0 Å². The summed E-state index contributed by atoms with van der Waals surface area (Å²) in [6.45, 7) is 1.68. The number of aromatic nitrogens is 1. The fraction of sp³-hybridized carbons (Fsp3) is 0.333. The second-order valence-corrected chi connectivity index (χ2v) is 4.64. The molecule has 106 valence electrons. The van der Waals surface area contributed by atoms with E-state index in [4.69, 9.17) is 14.7 Å². The van der Waals surface area contributed by atoms with Crippen molar-refractivity contribution in [3.8, 4) is 5.88 Å². The summed E-state index contributed by atoms with van der Waals surface area (Å²) in [5.74, 6) is -0.801. The number of ether oxygens (including phenoxy) is 1. The number of hydrogen-bond donors (Lipinski definition) is 1. The SMILES string of the molecule is COc1cc2ccccc2c(CC(C)C(=O)O)[n+]1OC. The standard InChI is InChI=1S/C15H17NO4/c1-10(15(17)18)8-13-12-7-5-4-6-11(12)9-14(19-2)16(13)20-3/h4-7,9-10H,8H2,1-3H3/p+1. The van der Waals surface area contributed by atoms with Gasteiger partial charge in [0.2, 0.25) is 5.69 Å². The Morgan fingerprint density at radius 3 is 2.65 bits per heavy atom. The molecule has 1 N–H and O–H groups in total. The average Bonchev–Trinajstić information content (AvgIpc) is 2.46. The summed E-state index contributed by atoms with van der Waals surface area (Å²) in [6.07, 6.45) is 0.362. The van der Waals surface area contributed by atoms with Gasteiger partial charge in [0.05, 0.1) is 35.6 Å². The highest BCUT2D eigenvalue weighted by molar-refractivity contribution is 5.84. The van der Waals surface area contributed by atoms with Gasteiger partial charge in [-0.25, -0.2) is 0 Å². The van der Waals surface area contributed by atoms with Crippen molar-refractivity contribution in [3.05, 3.63) is 36.0 Å². The molecule has 0 fully saturated rings. The van der Waals surface area contributed by atoms with Gasteiger partial charge in [0.1, 0.15) is 7.11 Å². The van der Waals surface area contributed by atoms with E-state index >= 15 is 0 Å². The molecule has 1 aromatic heterocycles. The van der Waals surface area contributed by atoms with Gasteiger partial charge in [0, 0.05) is 0 Å². The maximum Gasteiger partial charge on any atom is 0.417 e. The average molecular weight is 276 g/mol. The first-order valence-corrected chi connectivity index (χ1v) is 6.36. The molecule has 0 radical (unpaired) electrons. The quantitative estimate of drug-likeness (QED) is 0.840. The third-order valence-corrected chi connectivity index (χ3v) is 3.31. The molecular formula is C15H18NO4+. The van der Waals surface area contributed by atoms with Crippen molar-refractivity contribution < 1.29 is 24.2 Å². The van der Waals surface area contributed by atoms with Gasteiger partial charge in [-0.05, 0) is 11.5 Å². The first kappa shape index (κ1) is 14.1. The summed E-state index contributed by atoms with van der Waals surface area (Å²) in [5.41, 5.74) is 0.789. The summed E-state index contributed by atoms with van der Waals surface area (Å²) < 4.78 is 6.86. The number of carboxylic acid groups (broad SMARTS) is 1. The number of pyridine rings is 1. The fourth-order valence-corrected chi connectivity index (χ4v) is 2.23. The maximum absolute atomic E-state index is 11.1. The zero-order chi connectivity index (χ0) is 14.7. The zero-order valence-electron chi connectivity index (χ0n) is 11.8. The van der Waals surface area contributed by atoms with Crippen molar-refractivity contribution in [3.63, 3.8) is 0 Å². The number of aliphatic carboxylic acids is 1. The molecule has 20 heavy (non-hydrogen) atoms. The highest BCUT2D eigenvalue weighted by Crippen LogP contribution is 2.22. The first-order valence-electron chi connectivity index (χ1n) is 6.36. The number of fused-ring (bicyclic) bond motifs is 1. The van der Waals surface area contributed by atoms with Gasteiger partial charge >= 0.3 is 11.8 Å². The molecular weight excluding hydrogens is 258 g/mol. The van der Waals surface area contributed by atoms with Gasteiger partial charge in [-0.15, -0.1) is 0 Å². The van der Waals surface area contributed by atoms with Crippen LogP contribution in [0.5, 0.6) is 5.88 Å². The van der Waals surface area contributed by atoms with E-state index in [1.54, 1.807) is 18.8 Å². The smallest absolute Gasteiger partial charge is 0.417 e. The van der Waals surface area contributed by atoms with Crippen molar-refractivity contribution in [1.82, 2.24) is 0 Å². The lowest BCUT2D eigenvalue weighted by Crippen LogP contribution is -2.46. The number of carbonyl (C=O) groups is 1. The normalized spacial score (nSPS) is 12.2. The Bertz CT molecular complexity index is 639. The number of nitrogens with zero attached hydrogens (tertiary/aromatic N) is 1. The van der Waals surface area contributed by atoms with Crippen LogP contribution in [0.15, 0.2) is 30.3 Å². The second kappa shape index (κ2) is 5.77. The van der Waals surface area contributed by atoms with Crippen molar-refractivity contribution in [2.24, 2.45) is 5.92 Å². The van der Waals surface area contributed by atoms with E-state index in [0.717, 1.165) is 16.5 Å². The molecule has 0 bridgehead atoms. The zero-order valence-corrected chi connectivity index (χ0v) is 11.8. The molecule has 1 heterocycles.